The number of hydrogen-bond acceptors (Lipinski definition) is 2. The van der Waals surface area contributed by atoms with Gasteiger partial charge in [-0.1, -0.05) is 54.6 Å². The highest BCUT2D eigenvalue weighted by Crippen LogP contribution is 2.12. The summed E-state index contributed by atoms with van der Waals surface area (Å²) >= 11 is 0. The molecule has 0 atom stereocenters. The summed E-state index contributed by atoms with van der Waals surface area (Å²) in [5.74, 6) is -0.122. The van der Waals surface area contributed by atoms with Gasteiger partial charge in [0.25, 0.3) is 0 Å². The summed E-state index contributed by atoms with van der Waals surface area (Å²) in [5, 5.41) is 0. The third-order valence-corrected chi connectivity index (χ3v) is 2.37. The van der Waals surface area contributed by atoms with E-state index in [2.05, 4.69) is 0 Å². The second kappa shape index (κ2) is 4.53. The van der Waals surface area contributed by atoms with Crippen LogP contribution in [0.4, 0.5) is 0 Å². The molecule has 2 nitrogen and oxygen atoms in total. The number of ketones is 1. The molecule has 0 saturated heterocycles. The summed E-state index contributed by atoms with van der Waals surface area (Å²) in [5.41, 5.74) is 1.47. The molecule has 78 valence electrons. The van der Waals surface area contributed by atoms with Crippen LogP contribution in [0.25, 0.3) is 0 Å². The lowest BCUT2D eigenvalue weighted by Gasteiger charge is -2.03. The molecule has 0 radical (unpaired) electrons. The van der Waals surface area contributed by atoms with Crippen molar-refractivity contribution in [2.75, 3.05) is 0 Å². The van der Waals surface area contributed by atoms with Crippen LogP contribution in [-0.4, -0.2) is 12.1 Å². The van der Waals surface area contributed by atoms with Crippen LogP contribution in [-0.2, 0) is 0 Å². The second-order valence-corrected chi connectivity index (χ2v) is 3.40. The van der Waals surface area contributed by atoms with Crippen LogP contribution in [0.3, 0.4) is 0 Å². The van der Waals surface area contributed by atoms with Crippen molar-refractivity contribution >= 4 is 12.1 Å². The van der Waals surface area contributed by atoms with Gasteiger partial charge in [-0.15, -0.1) is 0 Å². The van der Waals surface area contributed by atoms with E-state index in [0.717, 1.165) is 0 Å². The minimum atomic E-state index is -0.122. The molecule has 2 aromatic carbocycles. The van der Waals surface area contributed by atoms with Crippen LogP contribution in [0.5, 0.6) is 0 Å². The Kier molecular flexibility index (Phi) is 2.92. The molecule has 0 spiro atoms. The highest BCUT2D eigenvalue weighted by atomic mass is 16.1. The molecule has 0 heterocycles. The van der Waals surface area contributed by atoms with Gasteiger partial charge in [-0.2, -0.15) is 0 Å². The van der Waals surface area contributed by atoms with Crippen LogP contribution < -0.4 is 0 Å². The Hall–Kier alpha value is -2.22. The first-order chi connectivity index (χ1) is 7.83. The summed E-state index contributed by atoms with van der Waals surface area (Å²) < 4.78 is 0. The van der Waals surface area contributed by atoms with Crippen molar-refractivity contribution in [1.29, 1.82) is 0 Å². The van der Waals surface area contributed by atoms with Crippen molar-refractivity contribution in [2.45, 2.75) is 0 Å². The number of carbonyl (C=O) groups is 2. The van der Waals surface area contributed by atoms with Gasteiger partial charge in [0.15, 0.2) is 12.1 Å². The lowest BCUT2D eigenvalue weighted by Crippen LogP contribution is -2.04. The highest BCUT2D eigenvalue weighted by Gasteiger charge is 2.11. The third-order valence-electron chi connectivity index (χ3n) is 2.37. The highest BCUT2D eigenvalue weighted by molar-refractivity contribution is 6.12. The fourth-order valence-electron chi connectivity index (χ4n) is 1.55. The minimum Gasteiger partial charge on any atom is -0.298 e. The quantitative estimate of drug-likeness (QED) is 0.576. The van der Waals surface area contributed by atoms with Gasteiger partial charge in [-0.05, 0) is 0 Å². The molecule has 2 aromatic rings. The van der Waals surface area contributed by atoms with Crippen molar-refractivity contribution in [3.8, 4) is 0 Å². The molecule has 0 aliphatic rings. The fraction of sp³-hybridized carbons (Fsp3) is 0. The molecule has 0 N–H and O–H groups in total. The van der Waals surface area contributed by atoms with Gasteiger partial charge >= 0.3 is 0 Å². The molecule has 0 unspecified atom stereocenters. The first kappa shape index (κ1) is 10.3. The molecule has 0 aliphatic carbocycles. The number of carbonyl (C=O) groups excluding carboxylic acids is 2. The summed E-state index contributed by atoms with van der Waals surface area (Å²) in [6.07, 6.45) is 0.705. The van der Waals surface area contributed by atoms with Crippen LogP contribution in [0.2, 0.25) is 0 Å². The van der Waals surface area contributed by atoms with Crippen molar-refractivity contribution in [1.82, 2.24) is 0 Å². The van der Waals surface area contributed by atoms with E-state index in [9.17, 15) is 9.59 Å². The fourth-order valence-corrected chi connectivity index (χ4v) is 1.55. The molecule has 2 rings (SSSR count). The monoisotopic (exact) mass is 210 g/mol. The molecular weight excluding hydrogens is 200 g/mol. The number of benzene rings is 2. The van der Waals surface area contributed by atoms with E-state index in [1.807, 2.05) is 6.07 Å². The van der Waals surface area contributed by atoms with Crippen molar-refractivity contribution in [3.63, 3.8) is 0 Å². The molecule has 0 aliphatic heterocycles. The van der Waals surface area contributed by atoms with Crippen LogP contribution in [0.15, 0.2) is 54.6 Å². The van der Waals surface area contributed by atoms with Gasteiger partial charge in [-0.3, -0.25) is 9.59 Å². The van der Waals surface area contributed by atoms with E-state index >= 15 is 0 Å². The van der Waals surface area contributed by atoms with Crippen molar-refractivity contribution in [2.24, 2.45) is 0 Å². The maximum Gasteiger partial charge on any atom is 0.193 e. The zero-order valence-corrected chi connectivity index (χ0v) is 8.59. The molecule has 0 amide bonds. The van der Waals surface area contributed by atoms with Gasteiger partial charge in [0.1, 0.15) is 0 Å². The zero-order valence-electron chi connectivity index (χ0n) is 8.59. The minimum absolute atomic E-state index is 0.122. The van der Waals surface area contributed by atoms with E-state index in [-0.39, 0.29) is 5.78 Å². The maximum atomic E-state index is 12.1. The first-order valence-corrected chi connectivity index (χ1v) is 4.97. The predicted molar refractivity (Wildman–Crippen MR) is 61.7 cm³/mol. The van der Waals surface area contributed by atoms with Gasteiger partial charge in [0.05, 0.1) is 0 Å². The Balaban J connectivity index is 2.46. The summed E-state index contributed by atoms with van der Waals surface area (Å²) in [6, 6.07) is 15.7. The van der Waals surface area contributed by atoms with Crippen LogP contribution in [0.1, 0.15) is 26.3 Å². The largest absolute Gasteiger partial charge is 0.298 e. The molecule has 0 fully saturated rings. The number of hydrogen-bond donors (Lipinski definition) is 0. The topological polar surface area (TPSA) is 34.1 Å². The summed E-state index contributed by atoms with van der Waals surface area (Å²) in [4.78, 5) is 22.9. The van der Waals surface area contributed by atoms with Gasteiger partial charge < -0.3 is 0 Å². The lowest BCUT2D eigenvalue weighted by molar-refractivity contribution is 0.102. The smallest absolute Gasteiger partial charge is 0.193 e. The van der Waals surface area contributed by atoms with Crippen molar-refractivity contribution in [3.05, 3.63) is 71.3 Å². The third kappa shape index (κ3) is 1.91. The van der Waals surface area contributed by atoms with Gasteiger partial charge in [-0.25, -0.2) is 0 Å². The first-order valence-electron chi connectivity index (χ1n) is 4.97. The Bertz CT molecular complexity index is 515. The standard InChI is InChI=1S/C14H10O2/c15-10-12-8-4-5-9-13(12)14(16)11-6-2-1-3-7-11/h1-10H. The lowest BCUT2D eigenvalue weighted by atomic mass is 9.99. The van der Waals surface area contributed by atoms with Crippen molar-refractivity contribution < 1.29 is 9.59 Å². The Labute approximate surface area is 93.5 Å². The van der Waals surface area contributed by atoms with Crippen LogP contribution in [0, 0.1) is 0 Å². The summed E-state index contributed by atoms with van der Waals surface area (Å²) in [7, 11) is 0. The number of rotatable bonds is 3. The van der Waals surface area contributed by atoms with E-state index in [4.69, 9.17) is 0 Å². The van der Waals surface area contributed by atoms with E-state index in [0.29, 0.717) is 23.0 Å². The van der Waals surface area contributed by atoms with Crippen LogP contribution >= 0.6 is 0 Å². The molecule has 0 aromatic heterocycles. The molecule has 0 bridgehead atoms. The van der Waals surface area contributed by atoms with Gasteiger partial charge in [0.2, 0.25) is 0 Å². The van der Waals surface area contributed by atoms with E-state index in [1.165, 1.54) is 0 Å². The predicted octanol–water partition coefficient (Wildman–Crippen LogP) is 2.73. The second-order valence-electron chi connectivity index (χ2n) is 3.40. The zero-order chi connectivity index (χ0) is 11.4. The van der Waals surface area contributed by atoms with E-state index in [1.54, 1.807) is 48.5 Å². The molecular formula is C14H10O2. The normalized spacial score (nSPS) is 9.75. The average Bonchev–Trinajstić information content (AvgIpc) is 2.39. The Morgan fingerprint density at radius 1 is 0.875 bits per heavy atom. The molecule has 16 heavy (non-hydrogen) atoms. The number of aldehydes is 1. The Morgan fingerprint density at radius 3 is 2.19 bits per heavy atom. The molecule has 0 saturated carbocycles. The van der Waals surface area contributed by atoms with Gasteiger partial charge in [0, 0.05) is 16.7 Å². The average molecular weight is 210 g/mol. The summed E-state index contributed by atoms with van der Waals surface area (Å²) in [6.45, 7) is 0. The molecule has 2 heteroatoms. The maximum absolute atomic E-state index is 12.1. The van der Waals surface area contributed by atoms with E-state index < -0.39 is 0 Å². The Morgan fingerprint density at radius 2 is 1.50 bits per heavy atom. The SMILES string of the molecule is O=Cc1ccccc1C(=O)c1ccccc1.